The number of fused-ring (bicyclic) bond motifs is 1. The van der Waals surface area contributed by atoms with E-state index in [2.05, 4.69) is 29.8 Å². The molecule has 3 aromatic rings. The lowest BCUT2D eigenvalue weighted by molar-refractivity contribution is -0.121. The molecule has 8 heteroatoms. The van der Waals surface area contributed by atoms with Gasteiger partial charge in [0.1, 0.15) is 5.82 Å². The van der Waals surface area contributed by atoms with Gasteiger partial charge in [-0.2, -0.15) is 0 Å². The number of thiazole rings is 1. The minimum Gasteiger partial charge on any atom is -0.351 e. The zero-order valence-corrected chi connectivity index (χ0v) is 13.7. The number of carbonyl (C=O) groups is 1. The summed E-state index contributed by atoms with van der Waals surface area (Å²) in [5.41, 5.74) is 0.749. The van der Waals surface area contributed by atoms with Crippen LogP contribution >= 0.6 is 11.3 Å². The van der Waals surface area contributed by atoms with Crippen LogP contribution in [-0.2, 0) is 24.2 Å². The second kappa shape index (κ2) is 6.48. The summed E-state index contributed by atoms with van der Waals surface area (Å²) in [4.78, 5) is 29.4. The van der Waals surface area contributed by atoms with Crippen LogP contribution in [-0.4, -0.2) is 36.5 Å². The van der Waals surface area contributed by atoms with Gasteiger partial charge in [0.2, 0.25) is 5.91 Å². The lowest BCUT2D eigenvalue weighted by atomic mass is 10.1. The normalized spacial score (nSPS) is 16.6. The summed E-state index contributed by atoms with van der Waals surface area (Å²) in [5.74, 6) is 1.68. The van der Waals surface area contributed by atoms with E-state index in [9.17, 15) is 4.79 Å². The predicted octanol–water partition coefficient (Wildman–Crippen LogP) is 1.47. The molecule has 0 aromatic carbocycles. The third-order valence-electron chi connectivity index (χ3n) is 3.95. The highest BCUT2D eigenvalue weighted by atomic mass is 32.1. The van der Waals surface area contributed by atoms with Crippen molar-refractivity contribution < 1.29 is 4.79 Å². The molecule has 0 saturated carbocycles. The van der Waals surface area contributed by atoms with Crippen molar-refractivity contribution in [1.29, 1.82) is 0 Å². The Morgan fingerprint density at radius 3 is 3.04 bits per heavy atom. The quantitative estimate of drug-likeness (QED) is 0.777. The molecule has 0 spiro atoms. The van der Waals surface area contributed by atoms with Gasteiger partial charge in [0.15, 0.2) is 10.8 Å². The molecule has 4 heterocycles. The van der Waals surface area contributed by atoms with Gasteiger partial charge in [-0.3, -0.25) is 4.79 Å². The second-order valence-corrected chi connectivity index (χ2v) is 6.55. The van der Waals surface area contributed by atoms with Crippen LogP contribution in [0.3, 0.4) is 0 Å². The fraction of sp³-hybridized carbons (Fsp3) is 0.312. The highest BCUT2D eigenvalue weighted by Gasteiger charge is 2.20. The molecule has 0 fully saturated rings. The molecule has 1 atom stereocenters. The zero-order valence-electron chi connectivity index (χ0n) is 12.9. The molecule has 0 unspecified atom stereocenters. The van der Waals surface area contributed by atoms with Gasteiger partial charge in [0.05, 0.1) is 12.1 Å². The van der Waals surface area contributed by atoms with Crippen LogP contribution < -0.4 is 5.32 Å². The predicted molar refractivity (Wildman–Crippen MR) is 89.3 cm³/mol. The third kappa shape index (κ3) is 3.18. The van der Waals surface area contributed by atoms with E-state index < -0.39 is 0 Å². The van der Waals surface area contributed by atoms with E-state index in [0.29, 0.717) is 5.82 Å². The van der Waals surface area contributed by atoms with E-state index >= 15 is 0 Å². The van der Waals surface area contributed by atoms with Crippen LogP contribution in [0, 0.1) is 0 Å². The molecule has 0 bridgehead atoms. The molecular formula is C16H16N6OS. The minimum absolute atomic E-state index is 0.00519. The Balaban J connectivity index is 1.36. The third-order valence-corrected chi connectivity index (χ3v) is 4.84. The number of hydrogen-bond donors (Lipinski definition) is 1. The Morgan fingerprint density at radius 1 is 1.29 bits per heavy atom. The molecule has 0 saturated heterocycles. The molecule has 0 radical (unpaired) electrons. The number of aryl methyl sites for hydroxylation is 1. The highest BCUT2D eigenvalue weighted by molar-refractivity contribution is 7.13. The maximum Gasteiger partial charge on any atom is 0.226 e. The summed E-state index contributed by atoms with van der Waals surface area (Å²) < 4.78 is 2.10. The smallest absolute Gasteiger partial charge is 0.226 e. The van der Waals surface area contributed by atoms with Gasteiger partial charge in [-0.15, -0.1) is 11.3 Å². The molecule has 1 aliphatic heterocycles. The van der Waals surface area contributed by atoms with E-state index in [1.807, 2.05) is 17.8 Å². The summed E-state index contributed by atoms with van der Waals surface area (Å²) >= 11 is 1.45. The maximum absolute atomic E-state index is 12.3. The highest BCUT2D eigenvalue weighted by Crippen LogP contribution is 2.20. The summed E-state index contributed by atoms with van der Waals surface area (Å²) in [7, 11) is 0. The number of rotatable bonds is 4. The number of nitrogens with zero attached hydrogens (tertiary/aromatic N) is 5. The summed E-state index contributed by atoms with van der Waals surface area (Å²) in [5, 5.41) is 5.72. The van der Waals surface area contributed by atoms with Gasteiger partial charge < -0.3 is 9.88 Å². The van der Waals surface area contributed by atoms with Crippen LogP contribution in [0.1, 0.15) is 17.9 Å². The lowest BCUT2D eigenvalue weighted by Gasteiger charge is -2.24. The first-order chi connectivity index (χ1) is 11.8. The van der Waals surface area contributed by atoms with Gasteiger partial charge in [-0.05, 0) is 12.5 Å². The first-order valence-corrected chi connectivity index (χ1v) is 8.67. The van der Waals surface area contributed by atoms with E-state index in [1.54, 1.807) is 18.5 Å². The van der Waals surface area contributed by atoms with Crippen molar-refractivity contribution in [2.75, 3.05) is 0 Å². The summed E-state index contributed by atoms with van der Waals surface area (Å²) in [6.45, 7) is 0.779. The van der Waals surface area contributed by atoms with Crippen LogP contribution in [0.2, 0.25) is 0 Å². The average molecular weight is 340 g/mol. The fourth-order valence-corrected chi connectivity index (χ4v) is 3.59. The Labute approximate surface area is 142 Å². The molecule has 0 aliphatic carbocycles. The molecule has 1 N–H and O–H groups in total. The molecule has 4 rings (SSSR count). The number of carbonyl (C=O) groups excluding carboxylic acids is 1. The van der Waals surface area contributed by atoms with Crippen molar-refractivity contribution in [1.82, 2.24) is 29.8 Å². The van der Waals surface area contributed by atoms with Gasteiger partial charge in [-0.1, -0.05) is 0 Å². The van der Waals surface area contributed by atoms with Crippen LogP contribution in [0.5, 0.6) is 0 Å². The summed E-state index contributed by atoms with van der Waals surface area (Å²) in [6, 6.07) is 1.91. The summed E-state index contributed by atoms with van der Waals surface area (Å²) in [6.07, 6.45) is 9.22. The standard InChI is InChI=1S/C16H16N6OS/c23-14(20-11-2-3-13-17-6-7-22(13)9-11)8-12-10-24-16(21-12)15-18-4-1-5-19-15/h1,4-7,10-11H,2-3,8-9H2,(H,20,23)/t11-/m0/s1. The first kappa shape index (κ1) is 14.9. The fourth-order valence-electron chi connectivity index (χ4n) is 2.83. The molecule has 122 valence electrons. The van der Waals surface area contributed by atoms with E-state index in [4.69, 9.17) is 0 Å². The molecule has 1 aliphatic rings. The minimum atomic E-state index is -0.00519. The first-order valence-electron chi connectivity index (χ1n) is 7.79. The van der Waals surface area contributed by atoms with Gasteiger partial charge in [-0.25, -0.2) is 19.9 Å². The van der Waals surface area contributed by atoms with Crippen molar-refractivity contribution in [2.24, 2.45) is 0 Å². The Bertz CT molecular complexity index is 843. The second-order valence-electron chi connectivity index (χ2n) is 5.69. The topological polar surface area (TPSA) is 85.6 Å². The number of nitrogens with one attached hydrogen (secondary N) is 1. The van der Waals surface area contributed by atoms with E-state index in [1.165, 1.54) is 11.3 Å². The van der Waals surface area contributed by atoms with Crippen molar-refractivity contribution in [3.05, 3.63) is 47.8 Å². The molecule has 7 nitrogen and oxygen atoms in total. The number of imidazole rings is 1. The molecular weight excluding hydrogens is 324 g/mol. The largest absolute Gasteiger partial charge is 0.351 e. The maximum atomic E-state index is 12.3. The van der Waals surface area contributed by atoms with Gasteiger partial charge in [0, 0.05) is 49.2 Å². The Kier molecular flexibility index (Phi) is 4.04. The van der Waals surface area contributed by atoms with Gasteiger partial charge in [0.25, 0.3) is 0 Å². The lowest BCUT2D eigenvalue weighted by Crippen LogP contribution is -2.41. The van der Waals surface area contributed by atoms with Crippen molar-refractivity contribution >= 4 is 17.2 Å². The van der Waals surface area contributed by atoms with Crippen molar-refractivity contribution in [3.8, 4) is 10.8 Å². The van der Waals surface area contributed by atoms with E-state index in [0.717, 1.165) is 35.9 Å². The SMILES string of the molecule is O=C(Cc1csc(-c2ncccn2)n1)N[C@H]1CCc2nccn2C1. The average Bonchev–Trinajstić information content (AvgIpc) is 3.24. The van der Waals surface area contributed by atoms with E-state index in [-0.39, 0.29) is 18.4 Å². The van der Waals surface area contributed by atoms with Crippen molar-refractivity contribution in [2.45, 2.75) is 31.8 Å². The van der Waals surface area contributed by atoms with Crippen LogP contribution in [0.25, 0.3) is 10.8 Å². The Hall–Kier alpha value is -2.61. The number of amides is 1. The number of aromatic nitrogens is 5. The zero-order chi connectivity index (χ0) is 16.4. The van der Waals surface area contributed by atoms with Crippen molar-refractivity contribution in [3.63, 3.8) is 0 Å². The molecule has 3 aromatic heterocycles. The van der Waals surface area contributed by atoms with Crippen LogP contribution in [0.15, 0.2) is 36.2 Å². The molecule has 24 heavy (non-hydrogen) atoms. The monoisotopic (exact) mass is 340 g/mol. The molecule has 1 amide bonds. The Morgan fingerprint density at radius 2 is 2.17 bits per heavy atom. The number of hydrogen-bond acceptors (Lipinski definition) is 6. The van der Waals surface area contributed by atoms with Crippen LogP contribution in [0.4, 0.5) is 0 Å². The van der Waals surface area contributed by atoms with Gasteiger partial charge >= 0.3 is 0 Å².